The van der Waals surface area contributed by atoms with Crippen LogP contribution in [-0.2, 0) is 19.1 Å². The Kier molecular flexibility index (Phi) is 6.27. The molecule has 10 nitrogen and oxygen atoms in total. The number of aliphatic hydroxyl groups is 1. The molecule has 0 fully saturated rings. The molecule has 0 saturated heterocycles. The van der Waals surface area contributed by atoms with Gasteiger partial charge in [-0.2, -0.15) is 5.26 Å². The standard InChI is InChI=1S/C25H23N5O5/c1-13(31)23-28-17-10-9-15(11-18(17)29-23)30-21(25(33)35-3)20(24(32)34-2)19(16(12-26)22(30)27)14-7-5-4-6-8-14/h4-11,13,19,31H,27H2,1-3H3,(H,28,29). The maximum absolute atomic E-state index is 13.1. The van der Waals surface area contributed by atoms with E-state index in [0.29, 0.717) is 28.1 Å². The number of aromatic nitrogens is 2. The molecule has 4 N–H and O–H groups in total. The summed E-state index contributed by atoms with van der Waals surface area (Å²) in [6.07, 6.45) is -0.820. The topological polar surface area (TPSA) is 155 Å². The molecule has 178 valence electrons. The Morgan fingerprint density at radius 2 is 1.86 bits per heavy atom. The van der Waals surface area contributed by atoms with Crippen molar-refractivity contribution in [3.63, 3.8) is 0 Å². The molecule has 0 radical (unpaired) electrons. The van der Waals surface area contributed by atoms with E-state index in [1.54, 1.807) is 55.5 Å². The lowest BCUT2D eigenvalue weighted by atomic mass is 9.81. The number of hydrogen-bond acceptors (Lipinski definition) is 9. The molecule has 0 aliphatic carbocycles. The van der Waals surface area contributed by atoms with Gasteiger partial charge in [-0.05, 0) is 30.7 Å². The number of nitrogens with one attached hydrogen (secondary N) is 1. The minimum absolute atomic E-state index is 0.0379. The first-order valence-electron chi connectivity index (χ1n) is 10.7. The van der Waals surface area contributed by atoms with Crippen molar-refractivity contribution in [1.82, 2.24) is 9.97 Å². The SMILES string of the molecule is COC(=O)C1=C(C(=O)OC)N(c2ccc3nc(C(C)O)[nH]c3c2)C(N)=C(C#N)C1c1ccccc1. The van der Waals surface area contributed by atoms with Crippen LogP contribution >= 0.6 is 0 Å². The number of aromatic amines is 1. The number of allylic oxidation sites excluding steroid dienone is 1. The van der Waals surface area contributed by atoms with Gasteiger partial charge in [-0.25, -0.2) is 14.6 Å². The highest BCUT2D eigenvalue weighted by molar-refractivity contribution is 6.06. The third kappa shape index (κ3) is 3.98. The number of carbonyl (C=O) groups is 2. The lowest BCUT2D eigenvalue weighted by Crippen LogP contribution is -2.40. The first kappa shape index (κ1) is 23.5. The zero-order valence-electron chi connectivity index (χ0n) is 19.3. The monoisotopic (exact) mass is 473 g/mol. The number of methoxy groups -OCH3 is 2. The molecule has 1 aromatic heterocycles. The second-order valence-electron chi connectivity index (χ2n) is 7.83. The molecule has 2 heterocycles. The minimum Gasteiger partial charge on any atom is -0.466 e. The molecule has 4 rings (SSSR count). The molecule has 1 aliphatic heterocycles. The number of nitriles is 1. The highest BCUT2D eigenvalue weighted by Gasteiger charge is 2.43. The Morgan fingerprint density at radius 3 is 2.46 bits per heavy atom. The molecule has 0 saturated carbocycles. The van der Waals surface area contributed by atoms with Crippen molar-refractivity contribution in [2.75, 3.05) is 19.1 Å². The second kappa shape index (κ2) is 9.32. The summed E-state index contributed by atoms with van der Waals surface area (Å²) in [7, 11) is 2.38. The van der Waals surface area contributed by atoms with Crippen molar-refractivity contribution < 1.29 is 24.2 Å². The van der Waals surface area contributed by atoms with E-state index in [-0.39, 0.29) is 22.7 Å². The number of nitrogens with two attached hydrogens (primary N) is 1. The van der Waals surface area contributed by atoms with E-state index in [1.165, 1.54) is 19.1 Å². The fourth-order valence-corrected chi connectivity index (χ4v) is 4.14. The lowest BCUT2D eigenvalue weighted by molar-refractivity contribution is -0.139. The number of esters is 2. The van der Waals surface area contributed by atoms with Gasteiger partial charge in [0, 0.05) is 0 Å². The summed E-state index contributed by atoms with van der Waals surface area (Å²) in [5, 5.41) is 20.0. The predicted octanol–water partition coefficient (Wildman–Crippen LogP) is 2.51. The molecule has 0 bridgehead atoms. The normalized spacial score (nSPS) is 16.8. The molecular weight excluding hydrogens is 450 g/mol. The van der Waals surface area contributed by atoms with E-state index in [0.717, 1.165) is 0 Å². The summed E-state index contributed by atoms with van der Waals surface area (Å²) in [4.78, 5) is 34.9. The van der Waals surface area contributed by atoms with Gasteiger partial charge in [0.25, 0.3) is 0 Å². The van der Waals surface area contributed by atoms with Crippen LogP contribution in [0.5, 0.6) is 0 Å². The number of benzene rings is 2. The van der Waals surface area contributed by atoms with Crippen molar-refractivity contribution in [1.29, 1.82) is 5.26 Å². The van der Waals surface area contributed by atoms with Gasteiger partial charge in [0.2, 0.25) is 0 Å². The van der Waals surface area contributed by atoms with Crippen molar-refractivity contribution in [2.45, 2.75) is 18.9 Å². The zero-order valence-corrected chi connectivity index (χ0v) is 19.3. The van der Waals surface area contributed by atoms with Crippen molar-refractivity contribution in [3.8, 4) is 6.07 Å². The number of rotatable bonds is 5. The maximum Gasteiger partial charge on any atom is 0.355 e. The molecule has 0 amide bonds. The van der Waals surface area contributed by atoms with Gasteiger partial charge in [-0.1, -0.05) is 30.3 Å². The van der Waals surface area contributed by atoms with Crippen LogP contribution < -0.4 is 10.6 Å². The number of ether oxygens (including phenoxy) is 2. The van der Waals surface area contributed by atoms with Crippen LogP contribution in [0.1, 0.15) is 30.3 Å². The maximum atomic E-state index is 13.1. The molecular formula is C25H23N5O5. The first-order valence-corrected chi connectivity index (χ1v) is 10.7. The number of hydrogen-bond donors (Lipinski definition) is 3. The molecule has 2 aromatic carbocycles. The number of fused-ring (bicyclic) bond motifs is 1. The Balaban J connectivity index is 2.03. The van der Waals surface area contributed by atoms with Crippen molar-refractivity contribution >= 4 is 28.7 Å². The van der Waals surface area contributed by atoms with Crippen LogP contribution in [0.4, 0.5) is 5.69 Å². The highest BCUT2D eigenvalue weighted by Crippen LogP contribution is 2.43. The van der Waals surface area contributed by atoms with Gasteiger partial charge in [-0.15, -0.1) is 0 Å². The van der Waals surface area contributed by atoms with Gasteiger partial charge in [-0.3, -0.25) is 4.90 Å². The molecule has 3 aromatic rings. The second-order valence-corrected chi connectivity index (χ2v) is 7.83. The largest absolute Gasteiger partial charge is 0.466 e. The third-order valence-corrected chi connectivity index (χ3v) is 5.75. The van der Waals surface area contributed by atoms with Crippen molar-refractivity contribution in [2.24, 2.45) is 5.73 Å². The third-order valence-electron chi connectivity index (χ3n) is 5.75. The van der Waals surface area contributed by atoms with Gasteiger partial charge in [0.1, 0.15) is 23.4 Å². The van der Waals surface area contributed by atoms with E-state index in [9.17, 15) is 20.0 Å². The van der Waals surface area contributed by atoms with E-state index < -0.39 is 24.0 Å². The van der Waals surface area contributed by atoms with Crippen LogP contribution in [0.2, 0.25) is 0 Å². The van der Waals surface area contributed by atoms with Crippen LogP contribution in [0.3, 0.4) is 0 Å². The Labute approximate surface area is 200 Å². The van der Waals surface area contributed by atoms with Gasteiger partial charge < -0.3 is 25.3 Å². The minimum atomic E-state index is -0.947. The smallest absolute Gasteiger partial charge is 0.355 e. The van der Waals surface area contributed by atoms with Gasteiger partial charge in [0.15, 0.2) is 0 Å². The number of imidazole rings is 1. The van der Waals surface area contributed by atoms with E-state index >= 15 is 0 Å². The summed E-state index contributed by atoms with van der Waals surface area (Å²) in [5.41, 5.74) is 8.41. The van der Waals surface area contributed by atoms with Crippen LogP contribution in [0, 0.1) is 11.3 Å². The van der Waals surface area contributed by atoms with Crippen LogP contribution in [0.25, 0.3) is 11.0 Å². The summed E-state index contributed by atoms with van der Waals surface area (Å²) < 4.78 is 10.1. The highest BCUT2D eigenvalue weighted by atomic mass is 16.5. The number of H-pyrrole nitrogens is 1. The molecule has 0 spiro atoms. The lowest BCUT2D eigenvalue weighted by Gasteiger charge is -2.35. The summed E-state index contributed by atoms with van der Waals surface area (Å²) in [6.45, 7) is 1.58. The number of anilines is 1. The van der Waals surface area contributed by atoms with Crippen LogP contribution in [-0.4, -0.2) is 41.2 Å². The average Bonchev–Trinajstić information content (AvgIpc) is 3.31. The quantitative estimate of drug-likeness (QED) is 0.474. The van der Waals surface area contributed by atoms with Gasteiger partial charge >= 0.3 is 11.9 Å². The molecule has 2 atom stereocenters. The van der Waals surface area contributed by atoms with Crippen molar-refractivity contribution in [3.05, 3.63) is 82.6 Å². The van der Waals surface area contributed by atoms with E-state index in [4.69, 9.17) is 15.2 Å². The number of carbonyl (C=O) groups excluding carboxylic acids is 2. The summed E-state index contributed by atoms with van der Waals surface area (Å²) >= 11 is 0. The number of aliphatic hydroxyl groups excluding tert-OH is 1. The molecule has 2 unspecified atom stereocenters. The Morgan fingerprint density at radius 1 is 1.17 bits per heavy atom. The van der Waals surface area contributed by atoms with E-state index in [2.05, 4.69) is 16.0 Å². The Bertz CT molecular complexity index is 1420. The predicted molar refractivity (Wildman–Crippen MR) is 126 cm³/mol. The summed E-state index contributed by atoms with van der Waals surface area (Å²) in [6, 6.07) is 15.8. The average molecular weight is 473 g/mol. The number of nitrogens with zero attached hydrogens (tertiary/aromatic N) is 3. The van der Waals surface area contributed by atoms with E-state index in [1.807, 2.05) is 0 Å². The molecule has 1 aliphatic rings. The molecule has 10 heteroatoms. The first-order chi connectivity index (χ1) is 16.8. The fraction of sp³-hybridized carbons (Fsp3) is 0.200. The zero-order chi connectivity index (χ0) is 25.3. The van der Waals surface area contributed by atoms with Gasteiger partial charge in [0.05, 0.1) is 54.1 Å². The Hall–Kier alpha value is -4.62. The fourth-order valence-electron chi connectivity index (χ4n) is 4.14. The van der Waals surface area contributed by atoms with Crippen LogP contribution in [0.15, 0.2) is 71.2 Å². The molecule has 35 heavy (non-hydrogen) atoms. The summed E-state index contributed by atoms with van der Waals surface area (Å²) in [5.74, 6) is -2.26.